The Kier molecular flexibility index (Phi) is 4.01. The maximum absolute atomic E-state index is 10.8. The van der Waals surface area contributed by atoms with Gasteiger partial charge in [-0.15, -0.1) is 6.42 Å². The average molecular weight is 154 g/mol. The van der Waals surface area contributed by atoms with E-state index in [0.29, 0.717) is 0 Å². The van der Waals surface area contributed by atoms with Crippen molar-refractivity contribution in [3.8, 4) is 12.3 Å². The van der Waals surface area contributed by atoms with Crippen molar-refractivity contribution in [3.63, 3.8) is 0 Å². The number of rotatable bonds is 3. The largest absolute Gasteiger partial charge is 0.449 e. The number of carbonyl (C=O) groups is 1. The molecule has 0 spiro atoms. The first kappa shape index (κ1) is 9.73. The molecule has 3 heteroatoms. The van der Waals surface area contributed by atoms with Crippen LogP contribution >= 0.6 is 0 Å². The number of hydrogen-bond donors (Lipinski definition) is 1. The first-order valence-corrected chi connectivity index (χ1v) is 3.07. The molecular formula is C8H10O3. The summed E-state index contributed by atoms with van der Waals surface area (Å²) < 4.78 is 4.48. The fourth-order valence-corrected chi connectivity index (χ4v) is 0.370. The maximum Gasteiger partial charge on any atom is 0.336 e. The van der Waals surface area contributed by atoms with E-state index in [2.05, 4.69) is 17.2 Å². The Balaban J connectivity index is 3.86. The minimum atomic E-state index is -0.889. The van der Waals surface area contributed by atoms with Crippen LogP contribution in [0.3, 0.4) is 0 Å². The standard InChI is InChI=1S/C8H10O3/c1-4-5-11-8(10)6(2)7(3)9/h1,7,9H,2,5H2,3H3. The third-order valence-electron chi connectivity index (χ3n) is 1.05. The molecule has 0 fully saturated rings. The van der Waals surface area contributed by atoms with Crippen LogP contribution in [0.15, 0.2) is 12.2 Å². The van der Waals surface area contributed by atoms with Crippen molar-refractivity contribution in [1.29, 1.82) is 0 Å². The molecule has 0 aromatic heterocycles. The summed E-state index contributed by atoms with van der Waals surface area (Å²) in [4.78, 5) is 10.8. The number of esters is 1. The Morgan fingerprint density at radius 3 is 2.82 bits per heavy atom. The van der Waals surface area contributed by atoms with E-state index in [1.165, 1.54) is 6.92 Å². The van der Waals surface area contributed by atoms with Gasteiger partial charge < -0.3 is 9.84 Å². The van der Waals surface area contributed by atoms with Crippen LogP contribution in [-0.4, -0.2) is 23.8 Å². The van der Waals surface area contributed by atoms with Gasteiger partial charge in [0.05, 0.1) is 11.7 Å². The van der Waals surface area contributed by atoms with Crippen LogP contribution in [0.2, 0.25) is 0 Å². The van der Waals surface area contributed by atoms with Crippen molar-refractivity contribution in [1.82, 2.24) is 0 Å². The lowest BCUT2D eigenvalue weighted by molar-refractivity contribution is -0.138. The number of aliphatic hydroxyl groups excluding tert-OH is 1. The van der Waals surface area contributed by atoms with Gasteiger partial charge in [-0.3, -0.25) is 0 Å². The molecular weight excluding hydrogens is 144 g/mol. The van der Waals surface area contributed by atoms with E-state index in [0.717, 1.165) is 0 Å². The van der Waals surface area contributed by atoms with Gasteiger partial charge in [0.25, 0.3) is 0 Å². The van der Waals surface area contributed by atoms with E-state index in [1.54, 1.807) is 0 Å². The molecule has 3 nitrogen and oxygen atoms in total. The lowest BCUT2D eigenvalue weighted by Crippen LogP contribution is -2.16. The van der Waals surface area contributed by atoms with Gasteiger partial charge in [0.2, 0.25) is 0 Å². The average Bonchev–Trinajstić information content (AvgIpc) is 1.98. The topological polar surface area (TPSA) is 46.5 Å². The second-order valence-electron chi connectivity index (χ2n) is 1.98. The molecule has 11 heavy (non-hydrogen) atoms. The molecule has 0 bridgehead atoms. The molecule has 0 aromatic rings. The molecule has 60 valence electrons. The smallest absolute Gasteiger partial charge is 0.336 e. The Morgan fingerprint density at radius 1 is 1.91 bits per heavy atom. The summed E-state index contributed by atoms with van der Waals surface area (Å²) in [7, 11) is 0. The van der Waals surface area contributed by atoms with E-state index < -0.39 is 12.1 Å². The number of terminal acetylenes is 1. The predicted molar refractivity (Wildman–Crippen MR) is 40.6 cm³/mol. The summed E-state index contributed by atoms with van der Waals surface area (Å²) in [6, 6.07) is 0. The maximum atomic E-state index is 10.8. The van der Waals surface area contributed by atoms with Gasteiger partial charge >= 0.3 is 5.97 Å². The third kappa shape index (κ3) is 3.43. The summed E-state index contributed by atoms with van der Waals surface area (Å²) in [5, 5.41) is 8.84. The van der Waals surface area contributed by atoms with Crippen molar-refractivity contribution in [2.75, 3.05) is 6.61 Å². The van der Waals surface area contributed by atoms with Crippen LogP contribution in [0, 0.1) is 12.3 Å². The molecule has 0 radical (unpaired) electrons. The lowest BCUT2D eigenvalue weighted by Gasteiger charge is -2.05. The number of hydrogen-bond acceptors (Lipinski definition) is 3. The molecule has 1 N–H and O–H groups in total. The fraction of sp³-hybridized carbons (Fsp3) is 0.375. The normalized spacial score (nSPS) is 11.4. The monoisotopic (exact) mass is 154 g/mol. The van der Waals surface area contributed by atoms with Crippen molar-refractivity contribution < 1.29 is 14.6 Å². The second kappa shape index (κ2) is 4.53. The van der Waals surface area contributed by atoms with Crippen molar-refractivity contribution in [2.45, 2.75) is 13.0 Å². The number of aliphatic hydroxyl groups is 1. The molecule has 0 saturated carbocycles. The number of ether oxygens (including phenoxy) is 1. The van der Waals surface area contributed by atoms with Crippen LogP contribution < -0.4 is 0 Å². The van der Waals surface area contributed by atoms with Crippen molar-refractivity contribution in [3.05, 3.63) is 12.2 Å². The van der Waals surface area contributed by atoms with Crippen LogP contribution in [0.25, 0.3) is 0 Å². The van der Waals surface area contributed by atoms with E-state index in [1.807, 2.05) is 0 Å². The lowest BCUT2D eigenvalue weighted by atomic mass is 10.2. The highest BCUT2D eigenvalue weighted by molar-refractivity contribution is 5.88. The van der Waals surface area contributed by atoms with Gasteiger partial charge in [-0.2, -0.15) is 0 Å². The van der Waals surface area contributed by atoms with E-state index in [4.69, 9.17) is 11.5 Å². The highest BCUT2D eigenvalue weighted by atomic mass is 16.5. The molecule has 0 saturated heterocycles. The first-order valence-electron chi connectivity index (χ1n) is 3.07. The van der Waals surface area contributed by atoms with Gasteiger partial charge in [-0.1, -0.05) is 12.5 Å². The van der Waals surface area contributed by atoms with E-state index in [-0.39, 0.29) is 12.2 Å². The Bertz CT molecular complexity index is 198. The van der Waals surface area contributed by atoms with Crippen molar-refractivity contribution >= 4 is 5.97 Å². The van der Waals surface area contributed by atoms with Crippen LogP contribution in [0.1, 0.15) is 6.92 Å². The summed E-state index contributed by atoms with van der Waals surface area (Å²) in [6.07, 6.45) is 3.95. The van der Waals surface area contributed by atoms with Crippen molar-refractivity contribution in [2.24, 2.45) is 0 Å². The Morgan fingerprint density at radius 2 is 2.45 bits per heavy atom. The first-order chi connectivity index (χ1) is 5.09. The number of carbonyl (C=O) groups excluding carboxylic acids is 1. The van der Waals surface area contributed by atoms with Gasteiger partial charge in [0.1, 0.15) is 0 Å². The quantitative estimate of drug-likeness (QED) is 0.356. The van der Waals surface area contributed by atoms with Crippen LogP contribution in [-0.2, 0) is 9.53 Å². The van der Waals surface area contributed by atoms with Gasteiger partial charge in [0, 0.05) is 0 Å². The molecule has 0 amide bonds. The van der Waals surface area contributed by atoms with Crippen LogP contribution in [0.4, 0.5) is 0 Å². The zero-order valence-electron chi connectivity index (χ0n) is 6.33. The highest BCUT2D eigenvalue weighted by Crippen LogP contribution is 2.00. The minimum Gasteiger partial charge on any atom is -0.449 e. The second-order valence-corrected chi connectivity index (χ2v) is 1.98. The van der Waals surface area contributed by atoms with Gasteiger partial charge in [-0.25, -0.2) is 4.79 Å². The molecule has 0 aliphatic heterocycles. The summed E-state index contributed by atoms with van der Waals surface area (Å²) >= 11 is 0. The van der Waals surface area contributed by atoms with E-state index >= 15 is 0 Å². The molecule has 0 rings (SSSR count). The summed E-state index contributed by atoms with van der Waals surface area (Å²) in [5.41, 5.74) is 0.0141. The molecule has 1 unspecified atom stereocenters. The molecule has 0 heterocycles. The minimum absolute atomic E-state index is 0.0141. The summed E-state index contributed by atoms with van der Waals surface area (Å²) in [6.45, 7) is 4.65. The molecule has 0 aliphatic rings. The fourth-order valence-electron chi connectivity index (χ4n) is 0.370. The van der Waals surface area contributed by atoms with E-state index in [9.17, 15) is 4.79 Å². The Labute approximate surface area is 65.7 Å². The van der Waals surface area contributed by atoms with Gasteiger partial charge in [0.15, 0.2) is 6.61 Å². The summed E-state index contributed by atoms with van der Waals surface area (Å²) in [5.74, 6) is 1.47. The highest BCUT2D eigenvalue weighted by Gasteiger charge is 2.12. The zero-order valence-corrected chi connectivity index (χ0v) is 6.33. The Hall–Kier alpha value is -1.27. The van der Waals surface area contributed by atoms with Gasteiger partial charge in [-0.05, 0) is 6.92 Å². The molecule has 0 aromatic carbocycles. The molecule has 1 atom stereocenters. The third-order valence-corrected chi connectivity index (χ3v) is 1.05. The predicted octanol–water partition coefficient (Wildman–Crippen LogP) is 0.0998. The molecule has 0 aliphatic carbocycles. The zero-order chi connectivity index (χ0) is 8.85. The SMILES string of the molecule is C#CCOC(=O)C(=C)C(C)O. The van der Waals surface area contributed by atoms with Crippen LogP contribution in [0.5, 0.6) is 0 Å².